The van der Waals surface area contributed by atoms with E-state index < -0.39 is 21.3 Å². The van der Waals surface area contributed by atoms with Gasteiger partial charge in [0.25, 0.3) is 11.8 Å². The average molecular weight is 657 g/mol. The van der Waals surface area contributed by atoms with Gasteiger partial charge in [-0.15, -0.1) is 0 Å². The number of benzene rings is 2. The molecule has 2 aromatic rings. The number of rotatable bonds is 10. The molecule has 2 bridgehead atoms. The molecular formula is C38H44N2O4S2. The standard InChI is InChI=1S/C38H44N2O4S2/c1-21(2)13-11-15-23(5)39-33(41)31-32(34(39)42)46-38-30-26-18-8-7-17-25(26)29(27-19-9-10-20-28(27)30)37(38,45-31)35(43)40(36(38)44)24(6)16-12-14-22(3)4/h7-10,17-24,29-30H,11-16H2,1-6H3. The number of hydrogen-bond acceptors (Lipinski definition) is 6. The molecule has 46 heavy (non-hydrogen) atoms. The lowest BCUT2D eigenvalue weighted by Gasteiger charge is -2.59. The molecule has 0 N–H and O–H groups in total. The molecule has 2 aromatic carbocycles. The smallest absolute Gasteiger partial charge is 0.268 e. The zero-order chi connectivity index (χ0) is 32.7. The molecule has 0 spiro atoms. The van der Waals surface area contributed by atoms with E-state index in [1.165, 1.54) is 28.4 Å². The number of carbonyl (C=O) groups is 4. The Balaban J connectivity index is 1.38. The topological polar surface area (TPSA) is 74.8 Å². The molecule has 242 valence electrons. The Morgan fingerprint density at radius 2 is 0.913 bits per heavy atom. The van der Waals surface area contributed by atoms with Gasteiger partial charge in [0.15, 0.2) is 0 Å². The van der Waals surface area contributed by atoms with Gasteiger partial charge in [0, 0.05) is 23.9 Å². The van der Waals surface area contributed by atoms with Crippen LogP contribution in [0.4, 0.5) is 0 Å². The lowest BCUT2D eigenvalue weighted by molar-refractivity contribution is -0.142. The minimum atomic E-state index is -1.28. The third kappa shape index (κ3) is 4.17. The molecule has 8 rings (SSSR count). The number of nitrogens with zero attached hydrogens (tertiary/aromatic N) is 2. The van der Waals surface area contributed by atoms with Crippen LogP contribution in [0.1, 0.15) is 114 Å². The second kappa shape index (κ2) is 11.4. The molecule has 0 radical (unpaired) electrons. The predicted octanol–water partition coefficient (Wildman–Crippen LogP) is 7.61. The molecule has 6 aliphatic rings. The predicted molar refractivity (Wildman–Crippen MR) is 184 cm³/mol. The molecule has 4 amide bonds. The van der Waals surface area contributed by atoms with Crippen LogP contribution in [0.3, 0.4) is 0 Å². The van der Waals surface area contributed by atoms with Gasteiger partial charge in [0.05, 0.1) is 9.81 Å². The highest BCUT2D eigenvalue weighted by molar-refractivity contribution is 8.14. The Labute approximate surface area is 281 Å². The quantitative estimate of drug-likeness (QED) is 0.245. The first-order chi connectivity index (χ1) is 22.0. The first-order valence-electron chi connectivity index (χ1n) is 17.0. The normalized spacial score (nSPS) is 29.0. The van der Waals surface area contributed by atoms with Crippen molar-refractivity contribution in [1.29, 1.82) is 0 Å². The van der Waals surface area contributed by atoms with Crippen LogP contribution in [0.15, 0.2) is 58.3 Å². The van der Waals surface area contributed by atoms with Crippen LogP contribution in [-0.2, 0) is 19.2 Å². The van der Waals surface area contributed by atoms with Crippen molar-refractivity contribution in [2.75, 3.05) is 0 Å². The van der Waals surface area contributed by atoms with Gasteiger partial charge in [-0.05, 0) is 60.8 Å². The Hall–Kier alpha value is -2.84. The largest absolute Gasteiger partial charge is 0.277 e. The first-order valence-corrected chi connectivity index (χ1v) is 18.7. The number of hydrogen-bond donors (Lipinski definition) is 0. The van der Waals surface area contributed by atoms with Gasteiger partial charge in [0.2, 0.25) is 11.8 Å². The summed E-state index contributed by atoms with van der Waals surface area (Å²) in [7, 11) is 0. The maximum absolute atomic E-state index is 15.3. The Kier molecular flexibility index (Phi) is 7.87. The van der Waals surface area contributed by atoms with E-state index in [0.717, 1.165) is 60.8 Å². The summed E-state index contributed by atoms with van der Waals surface area (Å²) in [4.78, 5) is 62.7. The second-order valence-corrected chi connectivity index (χ2v) is 17.3. The van der Waals surface area contributed by atoms with Crippen molar-refractivity contribution in [2.45, 2.75) is 113 Å². The third-order valence-corrected chi connectivity index (χ3v) is 14.5. The molecule has 4 unspecified atom stereocenters. The Morgan fingerprint density at radius 1 is 0.565 bits per heavy atom. The van der Waals surface area contributed by atoms with Crippen molar-refractivity contribution in [3.05, 3.63) is 80.6 Å². The van der Waals surface area contributed by atoms with Gasteiger partial charge in [-0.1, -0.05) is 125 Å². The van der Waals surface area contributed by atoms with E-state index in [-0.39, 0.29) is 35.7 Å². The number of carbonyl (C=O) groups excluding carboxylic acids is 4. The van der Waals surface area contributed by atoms with Crippen LogP contribution >= 0.6 is 23.5 Å². The summed E-state index contributed by atoms with van der Waals surface area (Å²) in [5, 5.41) is 0. The van der Waals surface area contributed by atoms with E-state index in [9.17, 15) is 9.59 Å². The van der Waals surface area contributed by atoms with E-state index in [0.29, 0.717) is 21.6 Å². The fraction of sp³-hybridized carbons (Fsp3) is 0.526. The maximum atomic E-state index is 15.3. The van der Waals surface area contributed by atoms with Crippen LogP contribution in [0, 0.1) is 11.8 Å². The highest BCUT2D eigenvalue weighted by Gasteiger charge is 2.83. The summed E-state index contributed by atoms with van der Waals surface area (Å²) in [5.74, 6) is -0.828. The van der Waals surface area contributed by atoms with E-state index in [4.69, 9.17) is 0 Å². The second-order valence-electron chi connectivity index (χ2n) is 14.8. The lowest BCUT2D eigenvalue weighted by atomic mass is 9.53. The molecule has 0 saturated carbocycles. The van der Waals surface area contributed by atoms with Crippen molar-refractivity contribution >= 4 is 47.2 Å². The van der Waals surface area contributed by atoms with Crippen molar-refractivity contribution in [3.8, 4) is 0 Å². The van der Waals surface area contributed by atoms with E-state index >= 15 is 9.59 Å². The van der Waals surface area contributed by atoms with Crippen molar-refractivity contribution in [2.24, 2.45) is 11.8 Å². The summed E-state index contributed by atoms with van der Waals surface area (Å²) in [5.41, 5.74) is 4.19. The van der Waals surface area contributed by atoms with Gasteiger partial charge < -0.3 is 0 Å². The van der Waals surface area contributed by atoms with Crippen molar-refractivity contribution < 1.29 is 19.2 Å². The van der Waals surface area contributed by atoms with E-state index in [1.54, 1.807) is 4.90 Å². The molecular weight excluding hydrogens is 613 g/mol. The fourth-order valence-electron chi connectivity index (χ4n) is 8.79. The van der Waals surface area contributed by atoms with Gasteiger partial charge in [-0.2, -0.15) is 0 Å². The summed E-state index contributed by atoms with van der Waals surface area (Å²) >= 11 is 2.49. The van der Waals surface area contributed by atoms with Gasteiger partial charge in [-0.3, -0.25) is 29.0 Å². The van der Waals surface area contributed by atoms with Gasteiger partial charge in [0.1, 0.15) is 9.49 Å². The highest BCUT2D eigenvalue weighted by atomic mass is 32.2. The van der Waals surface area contributed by atoms with Gasteiger partial charge >= 0.3 is 0 Å². The van der Waals surface area contributed by atoms with E-state index in [2.05, 4.69) is 52.0 Å². The summed E-state index contributed by atoms with van der Waals surface area (Å²) in [6, 6.07) is 15.8. The average Bonchev–Trinajstić information content (AvgIpc) is 3.38. The minimum Gasteiger partial charge on any atom is -0.277 e. The van der Waals surface area contributed by atoms with Crippen LogP contribution in [0.5, 0.6) is 0 Å². The molecule has 6 nitrogen and oxygen atoms in total. The number of imide groups is 2. The summed E-state index contributed by atoms with van der Waals surface area (Å²) < 4.78 is -2.56. The van der Waals surface area contributed by atoms with Crippen LogP contribution in [0.2, 0.25) is 0 Å². The number of amides is 4. The molecule has 3 heterocycles. The zero-order valence-corrected chi connectivity index (χ0v) is 29.3. The first kappa shape index (κ1) is 31.7. The van der Waals surface area contributed by atoms with Crippen LogP contribution < -0.4 is 0 Å². The lowest BCUT2D eigenvalue weighted by Crippen LogP contribution is -2.66. The fourth-order valence-corrected chi connectivity index (χ4v) is 12.5. The van der Waals surface area contributed by atoms with Crippen molar-refractivity contribution in [1.82, 2.24) is 9.80 Å². The molecule has 3 aliphatic heterocycles. The number of thioether (sulfide) groups is 2. The van der Waals surface area contributed by atoms with Crippen LogP contribution in [-0.4, -0.2) is 55.0 Å². The monoisotopic (exact) mass is 656 g/mol. The highest BCUT2D eigenvalue weighted by Crippen LogP contribution is 2.77. The van der Waals surface area contributed by atoms with Crippen molar-refractivity contribution in [3.63, 3.8) is 0 Å². The van der Waals surface area contributed by atoms with Gasteiger partial charge in [-0.25, -0.2) is 0 Å². The van der Waals surface area contributed by atoms with Crippen LogP contribution in [0.25, 0.3) is 0 Å². The number of likely N-dealkylation sites (tertiary alicyclic amines) is 1. The third-order valence-electron chi connectivity index (χ3n) is 10.9. The molecule has 4 atom stereocenters. The Bertz CT molecular complexity index is 1530. The van der Waals surface area contributed by atoms with E-state index in [1.807, 2.05) is 38.1 Å². The molecule has 1 fully saturated rings. The molecule has 0 aromatic heterocycles. The Morgan fingerprint density at radius 3 is 1.26 bits per heavy atom. The molecule has 3 aliphatic carbocycles. The SMILES string of the molecule is CC(C)CCCC(C)N1C(=O)C2=C(SC34C(=O)N(C(C)CCCC(C)C)C(=O)C3(S2)C2c3ccccc3C4c3ccccc32)C1=O. The molecule has 8 heteroatoms. The molecule has 1 saturated heterocycles. The zero-order valence-electron chi connectivity index (χ0n) is 27.7. The minimum absolute atomic E-state index is 0.207. The summed E-state index contributed by atoms with van der Waals surface area (Å²) in [6.45, 7) is 12.7. The summed E-state index contributed by atoms with van der Waals surface area (Å²) in [6.07, 6.45) is 5.33. The maximum Gasteiger partial charge on any atom is 0.268 e.